The number of amides is 2. The van der Waals surface area contributed by atoms with E-state index < -0.39 is 11.8 Å². The maximum atomic E-state index is 13.0. The third-order valence-corrected chi connectivity index (χ3v) is 12.1. The third-order valence-electron chi connectivity index (χ3n) is 10.9. The summed E-state index contributed by atoms with van der Waals surface area (Å²) in [7, 11) is 1.55. The van der Waals surface area contributed by atoms with E-state index in [1.54, 1.807) is 19.5 Å². The Bertz CT molecular complexity index is 3030. The van der Waals surface area contributed by atoms with E-state index in [0.29, 0.717) is 48.3 Å². The van der Waals surface area contributed by atoms with Gasteiger partial charge in [0.1, 0.15) is 11.8 Å². The summed E-state index contributed by atoms with van der Waals surface area (Å²) in [6.07, 6.45) is 14.6. The van der Waals surface area contributed by atoms with E-state index in [1.807, 2.05) is 94.8 Å². The maximum Gasteiger partial charge on any atom is 0.238 e. The van der Waals surface area contributed by atoms with Crippen molar-refractivity contribution in [3.05, 3.63) is 146 Å². The molecule has 70 heavy (non-hydrogen) atoms. The molecule has 2 unspecified atom stereocenters. The van der Waals surface area contributed by atoms with Gasteiger partial charge in [0.25, 0.3) is 0 Å². The fraction of sp³-hybridized carbons (Fsp3) is 0.306. The van der Waals surface area contributed by atoms with Gasteiger partial charge in [-0.3, -0.25) is 28.9 Å². The van der Waals surface area contributed by atoms with E-state index in [2.05, 4.69) is 102 Å². The highest BCUT2D eigenvalue weighted by atomic mass is 79.9. The van der Waals surface area contributed by atoms with Gasteiger partial charge in [0, 0.05) is 84.2 Å². The summed E-state index contributed by atoms with van der Waals surface area (Å²) in [4.78, 5) is 51.6. The Hall–Kier alpha value is -6.29. The van der Waals surface area contributed by atoms with Gasteiger partial charge in [0.05, 0.1) is 35.4 Å². The molecule has 6 aromatic heterocycles. The first-order chi connectivity index (χ1) is 34.0. The molecule has 8 heterocycles. The molecule has 0 saturated heterocycles. The summed E-state index contributed by atoms with van der Waals surface area (Å²) in [6, 6.07) is 19.4. The van der Waals surface area contributed by atoms with E-state index in [0.717, 1.165) is 86.6 Å². The molecule has 0 saturated carbocycles. The molecule has 2 aromatic carbocycles. The van der Waals surface area contributed by atoms with Crippen LogP contribution in [-0.2, 0) is 40.3 Å². The standard InChI is InChI=1S/C23H22BrN7O.C16H13BrClN5O.C7H10N2.C3H8O2/c1-2-10-31-13-17-20(19-16-11-15(24)5-6-18(16)27-22(19)32)28-23(29-21(17)30-31)26-9-7-14-4-3-8-25-12-14;1-2-5-23-7-10-13(20-16(18)21-14(10)22-23)12-9-6-8(17)3-4-11(9)19-15(12)24;8-4-3-7-2-1-5-9-6-7;1-5-3-2-4/h3-6,8,11-13,19H,2,7,9-10H2,1H3,(H,27,32)(H,26,29,30);3-4,6-7,12H,2,5H2,1H3,(H,19,24);1-2,5-6H,3-4,8H2;4H,2-3H2,1H3. The van der Waals surface area contributed by atoms with Gasteiger partial charge in [0.15, 0.2) is 11.3 Å². The Kier molecular flexibility index (Phi) is 18.4. The van der Waals surface area contributed by atoms with Crippen LogP contribution < -0.4 is 21.7 Å². The Morgan fingerprint density at radius 3 is 1.76 bits per heavy atom. The molecule has 8 aromatic rings. The number of aromatic nitrogens is 10. The summed E-state index contributed by atoms with van der Waals surface area (Å²) in [6.45, 7) is 7.63. The number of aryl methyl sites for hydroxylation is 2. The van der Waals surface area contributed by atoms with E-state index in [1.165, 1.54) is 5.56 Å². The van der Waals surface area contributed by atoms with Crippen LogP contribution in [0.5, 0.6) is 0 Å². The second-order valence-corrected chi connectivity index (χ2v) is 18.2. The zero-order valence-corrected chi connectivity index (χ0v) is 42.7. The summed E-state index contributed by atoms with van der Waals surface area (Å²) in [5.41, 5.74) is 13.4. The second-order valence-electron chi connectivity index (χ2n) is 16.0. The highest BCUT2D eigenvalue weighted by Crippen LogP contribution is 2.42. The first-order valence-electron chi connectivity index (χ1n) is 22.7. The predicted molar refractivity (Wildman–Crippen MR) is 278 cm³/mol. The molecule has 2 atom stereocenters. The highest BCUT2D eigenvalue weighted by Gasteiger charge is 2.37. The number of carbonyl (C=O) groups excluding carboxylic acids is 2. The molecule has 0 bridgehead atoms. The molecule has 0 radical (unpaired) electrons. The lowest BCUT2D eigenvalue weighted by Gasteiger charge is -2.12. The average Bonchev–Trinajstić information content (AvgIpc) is 4.12. The van der Waals surface area contributed by atoms with E-state index >= 15 is 0 Å². The topological polar surface area (TPSA) is 239 Å². The molecule has 0 aliphatic carbocycles. The van der Waals surface area contributed by atoms with Crippen molar-refractivity contribution in [2.45, 2.75) is 64.5 Å². The van der Waals surface area contributed by atoms with Crippen molar-refractivity contribution >= 4 is 94.7 Å². The average molecular weight is 1100 g/mol. The van der Waals surface area contributed by atoms with Crippen LogP contribution in [0.1, 0.15) is 72.2 Å². The Morgan fingerprint density at radius 2 is 1.29 bits per heavy atom. The number of nitrogens with two attached hydrogens (primary N) is 1. The Balaban J connectivity index is 0.000000166. The van der Waals surface area contributed by atoms with Crippen molar-refractivity contribution in [2.24, 2.45) is 5.73 Å². The van der Waals surface area contributed by atoms with Gasteiger partial charge in [0.2, 0.25) is 23.0 Å². The van der Waals surface area contributed by atoms with Crippen LogP contribution in [0.2, 0.25) is 5.28 Å². The number of methoxy groups -OCH3 is 1. The van der Waals surface area contributed by atoms with Gasteiger partial charge < -0.3 is 31.5 Å². The number of benzene rings is 2. The number of rotatable bonds is 14. The number of aliphatic hydroxyl groups is 1. The molecular weight excluding hydrogens is 1040 g/mol. The number of carbonyl (C=O) groups is 2. The fourth-order valence-corrected chi connectivity index (χ4v) is 8.73. The van der Waals surface area contributed by atoms with E-state index in [-0.39, 0.29) is 23.7 Å². The zero-order chi connectivity index (χ0) is 49.6. The van der Waals surface area contributed by atoms with Crippen LogP contribution in [0, 0.1) is 0 Å². The predicted octanol–water partition coefficient (Wildman–Crippen LogP) is 8.08. The quantitative estimate of drug-likeness (QED) is 0.0648. The number of aliphatic hydroxyl groups excluding tert-OH is 1. The minimum atomic E-state index is -0.528. The lowest BCUT2D eigenvalue weighted by Crippen LogP contribution is -2.17. The third kappa shape index (κ3) is 12.9. The van der Waals surface area contributed by atoms with Crippen molar-refractivity contribution < 1.29 is 19.4 Å². The zero-order valence-electron chi connectivity index (χ0n) is 38.8. The van der Waals surface area contributed by atoms with Crippen molar-refractivity contribution in [2.75, 3.05) is 49.4 Å². The molecule has 2 aliphatic rings. The van der Waals surface area contributed by atoms with Crippen LogP contribution in [-0.4, -0.2) is 99.8 Å². The second kappa shape index (κ2) is 25.0. The smallest absolute Gasteiger partial charge is 0.238 e. The summed E-state index contributed by atoms with van der Waals surface area (Å²) >= 11 is 13.1. The largest absolute Gasteiger partial charge is 0.394 e. The van der Waals surface area contributed by atoms with Crippen LogP contribution in [0.15, 0.2) is 107 Å². The Morgan fingerprint density at radius 1 is 0.757 bits per heavy atom. The van der Waals surface area contributed by atoms with Crippen molar-refractivity contribution in [3.63, 3.8) is 0 Å². The van der Waals surface area contributed by atoms with Crippen LogP contribution >= 0.6 is 43.5 Å². The van der Waals surface area contributed by atoms with E-state index in [9.17, 15) is 9.59 Å². The summed E-state index contributed by atoms with van der Waals surface area (Å²) < 4.78 is 9.95. The normalized spacial score (nSPS) is 14.3. The monoisotopic (exact) mass is 1090 g/mol. The molecule has 364 valence electrons. The van der Waals surface area contributed by atoms with Gasteiger partial charge in [-0.25, -0.2) is 9.97 Å². The lowest BCUT2D eigenvalue weighted by molar-refractivity contribution is -0.117. The van der Waals surface area contributed by atoms with Crippen LogP contribution in [0.4, 0.5) is 17.3 Å². The molecule has 6 N–H and O–H groups in total. The molecule has 0 fully saturated rings. The summed E-state index contributed by atoms with van der Waals surface area (Å²) in [5.74, 6) is -0.801. The van der Waals surface area contributed by atoms with Crippen LogP contribution in [0.3, 0.4) is 0 Å². The number of fused-ring (bicyclic) bond motifs is 4. The SMILES string of the molecule is CCCn1cc2c(C3C(=O)Nc4ccc(Br)cc43)nc(Cl)nc2n1.CCCn1cc2c(C3C(=O)Nc4ccc(Br)cc43)nc(NCCc3cccnc3)nc2n1.COCCO.NCCc1cccnc1. The van der Waals surface area contributed by atoms with Gasteiger partial charge >= 0.3 is 0 Å². The molecule has 2 aliphatic heterocycles. The minimum absolute atomic E-state index is 0.0931. The number of halogens is 3. The minimum Gasteiger partial charge on any atom is -0.394 e. The van der Waals surface area contributed by atoms with E-state index in [4.69, 9.17) is 27.4 Å². The number of hydrogen-bond acceptors (Lipinski definition) is 14. The maximum absolute atomic E-state index is 13.0. The molecule has 21 heteroatoms. The summed E-state index contributed by atoms with van der Waals surface area (Å²) in [5, 5.41) is 27.8. The molecule has 2 amide bonds. The number of anilines is 3. The van der Waals surface area contributed by atoms with Gasteiger partial charge in [-0.15, -0.1) is 0 Å². The van der Waals surface area contributed by atoms with Crippen molar-refractivity contribution in [1.82, 2.24) is 49.5 Å². The van der Waals surface area contributed by atoms with Crippen molar-refractivity contribution in [3.8, 4) is 0 Å². The van der Waals surface area contributed by atoms with Gasteiger partial charge in [-0.2, -0.15) is 20.2 Å². The number of nitrogens with zero attached hydrogens (tertiary/aromatic N) is 10. The highest BCUT2D eigenvalue weighted by molar-refractivity contribution is 9.10. The lowest BCUT2D eigenvalue weighted by atomic mass is 9.95. The molecule has 10 rings (SSSR count). The molecule has 0 spiro atoms. The van der Waals surface area contributed by atoms with Gasteiger partial charge in [-0.05, 0) is 115 Å². The Labute approximate surface area is 426 Å². The van der Waals surface area contributed by atoms with Crippen LogP contribution in [0.25, 0.3) is 22.1 Å². The van der Waals surface area contributed by atoms with Gasteiger partial charge in [-0.1, -0.05) is 57.8 Å². The fourth-order valence-electron chi connectivity index (χ4n) is 7.80. The first-order valence-corrected chi connectivity index (χ1v) is 24.7. The van der Waals surface area contributed by atoms with Crippen molar-refractivity contribution in [1.29, 1.82) is 0 Å². The number of ether oxygens (including phenoxy) is 1. The number of pyridine rings is 2. The number of hydrogen-bond donors (Lipinski definition) is 5. The molecule has 18 nitrogen and oxygen atoms in total. The molecular formula is C49H53Br2ClN14O4. The number of nitrogens with one attached hydrogen (secondary N) is 3. The first kappa shape index (κ1) is 51.6.